The smallest absolute Gasteiger partial charge is 0.264 e. The van der Waals surface area contributed by atoms with Crippen molar-refractivity contribution in [2.75, 3.05) is 24.5 Å². The summed E-state index contributed by atoms with van der Waals surface area (Å²) in [4.78, 5) is 28.0. The number of amides is 2. The first-order valence-electron chi connectivity index (χ1n) is 12.1. The lowest BCUT2D eigenvalue weighted by molar-refractivity contribution is -0.139. The molecule has 0 aliphatic rings. The Kier molecular flexibility index (Phi) is 9.77. The highest BCUT2D eigenvalue weighted by molar-refractivity contribution is 7.92. The van der Waals surface area contributed by atoms with Gasteiger partial charge in [-0.1, -0.05) is 59.6 Å². The molecule has 2 amide bonds. The maximum Gasteiger partial charge on any atom is 0.264 e. The number of aryl methyl sites for hydroxylation is 1. The van der Waals surface area contributed by atoms with Crippen LogP contribution in [-0.4, -0.2) is 51.4 Å². The minimum absolute atomic E-state index is 0.0155. The summed E-state index contributed by atoms with van der Waals surface area (Å²) >= 11 is 6.32. The molecule has 0 aliphatic heterocycles. The van der Waals surface area contributed by atoms with Gasteiger partial charge in [-0.2, -0.15) is 0 Å². The van der Waals surface area contributed by atoms with Crippen molar-refractivity contribution in [1.82, 2.24) is 10.2 Å². The number of rotatable bonds is 11. The Labute approximate surface area is 229 Å². The molecule has 1 N–H and O–H groups in total. The zero-order valence-electron chi connectivity index (χ0n) is 21.8. The van der Waals surface area contributed by atoms with Crippen LogP contribution in [0.4, 0.5) is 5.69 Å². The Hall–Kier alpha value is -3.56. The number of nitrogens with one attached hydrogen (secondary N) is 1. The molecular weight excluding hydrogens is 526 g/mol. The second kappa shape index (κ2) is 12.8. The molecule has 0 aromatic heterocycles. The van der Waals surface area contributed by atoms with Crippen LogP contribution in [0.15, 0.2) is 77.7 Å². The van der Waals surface area contributed by atoms with Gasteiger partial charge in [0.2, 0.25) is 11.8 Å². The number of nitrogens with zero attached hydrogens (tertiary/aromatic N) is 2. The average molecular weight is 558 g/mol. The van der Waals surface area contributed by atoms with Crippen molar-refractivity contribution in [1.29, 1.82) is 0 Å². The van der Waals surface area contributed by atoms with Gasteiger partial charge in [-0.15, -0.1) is 0 Å². The zero-order valence-corrected chi connectivity index (χ0v) is 23.4. The molecule has 0 unspecified atom stereocenters. The number of carbonyl (C=O) groups is 2. The van der Waals surface area contributed by atoms with Crippen LogP contribution >= 0.6 is 11.6 Å². The molecule has 10 heteroatoms. The van der Waals surface area contributed by atoms with E-state index in [0.29, 0.717) is 12.3 Å². The summed E-state index contributed by atoms with van der Waals surface area (Å²) in [7, 11) is -2.72. The largest absolute Gasteiger partial charge is 0.495 e. The van der Waals surface area contributed by atoms with E-state index in [-0.39, 0.29) is 28.1 Å². The number of halogens is 1. The third-order valence-electron chi connectivity index (χ3n) is 5.99. The van der Waals surface area contributed by atoms with Crippen molar-refractivity contribution in [3.8, 4) is 5.75 Å². The molecule has 0 saturated carbocycles. The first-order valence-corrected chi connectivity index (χ1v) is 13.9. The second-order valence-corrected chi connectivity index (χ2v) is 11.0. The summed E-state index contributed by atoms with van der Waals surface area (Å²) in [6, 6.07) is 19.1. The Morgan fingerprint density at radius 2 is 1.74 bits per heavy atom. The summed E-state index contributed by atoms with van der Waals surface area (Å²) in [6.45, 7) is 5.33. The van der Waals surface area contributed by atoms with Crippen LogP contribution in [0, 0.1) is 6.92 Å². The fraction of sp³-hybridized carbons (Fsp3) is 0.286. The molecule has 0 saturated heterocycles. The lowest BCUT2D eigenvalue weighted by Crippen LogP contribution is -2.51. The molecule has 8 nitrogen and oxygen atoms in total. The van der Waals surface area contributed by atoms with Crippen LogP contribution in [-0.2, 0) is 26.2 Å². The van der Waals surface area contributed by atoms with Gasteiger partial charge in [-0.05, 0) is 56.7 Å². The number of hydrogen-bond acceptors (Lipinski definition) is 5. The van der Waals surface area contributed by atoms with Crippen molar-refractivity contribution in [3.63, 3.8) is 0 Å². The third kappa shape index (κ3) is 6.85. The van der Waals surface area contributed by atoms with Crippen LogP contribution in [0.2, 0.25) is 5.02 Å². The molecule has 0 fully saturated rings. The molecule has 3 rings (SSSR count). The minimum Gasteiger partial charge on any atom is -0.495 e. The number of hydrogen-bond donors (Lipinski definition) is 1. The maximum absolute atomic E-state index is 13.8. The molecule has 1 atom stereocenters. The Morgan fingerprint density at radius 3 is 2.34 bits per heavy atom. The Balaban J connectivity index is 2.05. The number of sulfonamides is 1. The number of anilines is 1. The molecule has 202 valence electrons. The lowest BCUT2D eigenvalue weighted by Gasteiger charge is -2.32. The predicted octanol–water partition coefficient (Wildman–Crippen LogP) is 4.41. The predicted molar refractivity (Wildman–Crippen MR) is 149 cm³/mol. The first kappa shape index (κ1) is 29.0. The van der Waals surface area contributed by atoms with Gasteiger partial charge >= 0.3 is 0 Å². The summed E-state index contributed by atoms with van der Waals surface area (Å²) in [6.07, 6.45) is 0. The van der Waals surface area contributed by atoms with Crippen molar-refractivity contribution < 1.29 is 22.7 Å². The van der Waals surface area contributed by atoms with Gasteiger partial charge < -0.3 is 15.0 Å². The van der Waals surface area contributed by atoms with Crippen molar-refractivity contribution in [2.24, 2.45) is 0 Å². The minimum atomic E-state index is -4.17. The Bertz CT molecular complexity index is 1380. The van der Waals surface area contributed by atoms with E-state index >= 15 is 0 Å². The van der Waals surface area contributed by atoms with E-state index in [2.05, 4.69) is 5.32 Å². The molecular formula is C28H32ClN3O5S. The second-order valence-electron chi connectivity index (χ2n) is 8.72. The average Bonchev–Trinajstić information content (AvgIpc) is 2.90. The van der Waals surface area contributed by atoms with E-state index in [1.807, 2.05) is 31.2 Å². The molecule has 0 bridgehead atoms. The summed E-state index contributed by atoms with van der Waals surface area (Å²) < 4.78 is 33.7. The van der Waals surface area contributed by atoms with Crippen LogP contribution < -0.4 is 14.4 Å². The molecule has 0 radical (unpaired) electrons. The van der Waals surface area contributed by atoms with Gasteiger partial charge in [0, 0.05) is 13.1 Å². The van der Waals surface area contributed by atoms with Gasteiger partial charge in [-0.3, -0.25) is 13.9 Å². The molecule has 0 heterocycles. The monoisotopic (exact) mass is 557 g/mol. The molecule has 3 aromatic carbocycles. The summed E-state index contributed by atoms with van der Waals surface area (Å²) in [5.41, 5.74) is 2.01. The maximum atomic E-state index is 13.8. The number of likely N-dealkylation sites (N-methyl/N-ethyl adjacent to an activating group) is 1. The van der Waals surface area contributed by atoms with Gasteiger partial charge in [0.1, 0.15) is 18.3 Å². The SMILES string of the molecule is CCNC(=O)[C@@H](C)N(Cc1cccc(C)c1)C(=O)CN(c1ccc(OC)c(Cl)c1)S(=O)(=O)c1ccccc1. The molecule has 0 spiro atoms. The van der Waals surface area contributed by atoms with E-state index in [0.717, 1.165) is 15.4 Å². The fourth-order valence-corrected chi connectivity index (χ4v) is 5.65. The van der Waals surface area contributed by atoms with Crippen LogP contribution in [0.3, 0.4) is 0 Å². The normalized spacial score (nSPS) is 11.9. The molecule has 38 heavy (non-hydrogen) atoms. The highest BCUT2D eigenvalue weighted by Crippen LogP contribution is 2.32. The summed E-state index contributed by atoms with van der Waals surface area (Å²) in [5, 5.41) is 2.94. The van der Waals surface area contributed by atoms with E-state index in [1.54, 1.807) is 32.0 Å². The van der Waals surface area contributed by atoms with E-state index in [1.165, 1.54) is 42.3 Å². The fourth-order valence-electron chi connectivity index (χ4n) is 3.97. The lowest BCUT2D eigenvalue weighted by atomic mass is 10.1. The van der Waals surface area contributed by atoms with Crippen LogP contribution in [0.5, 0.6) is 5.75 Å². The standard InChI is InChI=1S/C28H32ClN3O5S/c1-5-30-28(34)21(3)31(18-22-11-9-10-20(2)16-22)27(33)19-32(23-14-15-26(37-4)25(29)17-23)38(35,36)24-12-7-6-8-13-24/h6-17,21H,5,18-19H2,1-4H3,(H,30,34)/t21-/m1/s1. The van der Waals surface area contributed by atoms with E-state index in [9.17, 15) is 18.0 Å². The first-order chi connectivity index (χ1) is 18.1. The highest BCUT2D eigenvalue weighted by atomic mass is 35.5. The highest BCUT2D eigenvalue weighted by Gasteiger charge is 2.32. The van der Waals surface area contributed by atoms with Crippen LogP contribution in [0.1, 0.15) is 25.0 Å². The zero-order chi connectivity index (χ0) is 27.9. The molecule has 3 aromatic rings. The van der Waals surface area contributed by atoms with Gasteiger partial charge in [0.25, 0.3) is 10.0 Å². The molecule has 0 aliphatic carbocycles. The number of methoxy groups -OCH3 is 1. The topological polar surface area (TPSA) is 96.0 Å². The van der Waals surface area contributed by atoms with Gasteiger partial charge in [-0.25, -0.2) is 8.42 Å². The van der Waals surface area contributed by atoms with Crippen LogP contribution in [0.25, 0.3) is 0 Å². The quantitative estimate of drug-likeness (QED) is 0.377. The Morgan fingerprint density at radius 1 is 1.03 bits per heavy atom. The summed E-state index contributed by atoms with van der Waals surface area (Å²) in [5.74, 6) is -0.514. The van der Waals surface area contributed by atoms with Crippen molar-refractivity contribution in [3.05, 3.63) is 88.9 Å². The van der Waals surface area contributed by atoms with E-state index < -0.39 is 28.5 Å². The van der Waals surface area contributed by atoms with E-state index in [4.69, 9.17) is 16.3 Å². The number of ether oxygens (including phenoxy) is 1. The number of carbonyl (C=O) groups excluding carboxylic acids is 2. The number of benzene rings is 3. The van der Waals surface area contributed by atoms with Crippen molar-refractivity contribution in [2.45, 2.75) is 38.3 Å². The van der Waals surface area contributed by atoms with Gasteiger partial charge in [0.05, 0.1) is 22.7 Å². The van der Waals surface area contributed by atoms with Gasteiger partial charge in [0.15, 0.2) is 0 Å². The van der Waals surface area contributed by atoms with Crippen molar-refractivity contribution >= 4 is 39.1 Å². The third-order valence-corrected chi connectivity index (χ3v) is 8.07.